The first-order chi connectivity index (χ1) is 3.96. The molecular weight excluding hydrogens is 144 g/mol. The topological polar surface area (TPSA) is 9.23 Å². The van der Waals surface area contributed by atoms with Gasteiger partial charge in [-0.15, -0.1) is 0 Å². The van der Waals surface area contributed by atoms with Gasteiger partial charge in [-0.25, -0.2) is 0 Å². The Kier molecular flexibility index (Phi) is 1.61. The highest BCUT2D eigenvalue weighted by atomic mass is 29.3. The van der Waals surface area contributed by atoms with Crippen LogP contribution in [0.5, 0.6) is 0 Å². The van der Waals surface area contributed by atoms with Crippen molar-refractivity contribution in [2.24, 2.45) is 0 Å². The lowest BCUT2D eigenvalue weighted by Gasteiger charge is -2.27. The van der Waals surface area contributed by atoms with Gasteiger partial charge < -0.3 is 4.43 Å². The van der Waals surface area contributed by atoms with Crippen LogP contribution in [-0.2, 0) is 4.43 Å². The Hall–Kier alpha value is 0.394. The first kappa shape index (κ1) is 7.50. The van der Waals surface area contributed by atoms with Gasteiger partial charge in [0.05, 0.1) is 7.59 Å². The minimum atomic E-state index is -1.13. The molecule has 0 aromatic carbocycles. The van der Waals surface area contributed by atoms with E-state index in [9.17, 15) is 0 Å². The van der Waals surface area contributed by atoms with Crippen LogP contribution in [0.25, 0.3) is 0 Å². The van der Waals surface area contributed by atoms with Gasteiger partial charge in [-0.2, -0.15) is 0 Å². The summed E-state index contributed by atoms with van der Waals surface area (Å²) in [5.74, 6) is 0. The zero-order valence-electron chi connectivity index (χ0n) is 6.82. The lowest BCUT2D eigenvalue weighted by atomic mass is 10.9. The summed E-state index contributed by atoms with van der Waals surface area (Å²) in [6, 6.07) is 1.40. The van der Waals surface area contributed by atoms with E-state index in [0.29, 0.717) is 0 Å². The summed E-state index contributed by atoms with van der Waals surface area (Å²) in [4.78, 5) is 0. The summed E-state index contributed by atoms with van der Waals surface area (Å²) < 4.78 is 5.76. The predicted octanol–water partition coefficient (Wildman–Crippen LogP) is 2.01. The number of rotatable bonds is 0. The standard InChI is InChI=1S/C6H16OSi2/c1-8(2)6-5-7-9(8,3)4/h5-6H2,1-4H3. The first-order valence-electron chi connectivity index (χ1n) is 3.60. The molecule has 1 rings (SSSR count). The maximum absolute atomic E-state index is 5.76. The molecule has 0 N–H and O–H groups in total. The van der Waals surface area contributed by atoms with E-state index < -0.39 is 15.4 Å². The molecule has 1 saturated heterocycles. The van der Waals surface area contributed by atoms with Gasteiger partial charge in [0.25, 0.3) is 0 Å². The Bertz CT molecular complexity index is 106. The lowest BCUT2D eigenvalue weighted by molar-refractivity contribution is 0.357. The summed E-state index contributed by atoms with van der Waals surface area (Å²) in [6.07, 6.45) is 0. The average Bonchev–Trinajstić information content (AvgIpc) is 1.81. The van der Waals surface area contributed by atoms with Gasteiger partial charge in [0, 0.05) is 6.61 Å². The van der Waals surface area contributed by atoms with Crippen LogP contribution in [0, 0.1) is 0 Å². The highest BCUT2D eigenvalue weighted by molar-refractivity contribution is 7.39. The summed E-state index contributed by atoms with van der Waals surface area (Å²) in [5.41, 5.74) is 0. The summed E-state index contributed by atoms with van der Waals surface area (Å²) >= 11 is 0. The van der Waals surface area contributed by atoms with Crippen molar-refractivity contribution >= 4 is 15.4 Å². The van der Waals surface area contributed by atoms with Crippen LogP contribution in [-0.4, -0.2) is 22.0 Å². The molecule has 1 aliphatic heterocycles. The molecule has 54 valence electrons. The van der Waals surface area contributed by atoms with E-state index in [4.69, 9.17) is 4.43 Å². The van der Waals surface area contributed by atoms with Crippen LogP contribution in [0.15, 0.2) is 0 Å². The normalized spacial score (nSPS) is 30.7. The zero-order chi connectivity index (χ0) is 7.12. The molecule has 0 aromatic heterocycles. The van der Waals surface area contributed by atoms with Crippen molar-refractivity contribution in [2.45, 2.75) is 32.2 Å². The predicted molar refractivity (Wildman–Crippen MR) is 45.7 cm³/mol. The largest absolute Gasteiger partial charge is 0.420 e. The third kappa shape index (κ3) is 1.13. The van der Waals surface area contributed by atoms with Crippen LogP contribution in [0.3, 0.4) is 0 Å². The molecule has 9 heavy (non-hydrogen) atoms. The fourth-order valence-electron chi connectivity index (χ4n) is 1.06. The van der Waals surface area contributed by atoms with E-state index in [1.54, 1.807) is 0 Å². The molecule has 1 fully saturated rings. The van der Waals surface area contributed by atoms with Crippen molar-refractivity contribution in [1.29, 1.82) is 0 Å². The summed E-state index contributed by atoms with van der Waals surface area (Å²) in [6.45, 7) is 10.7. The fraction of sp³-hybridized carbons (Fsp3) is 1.00. The molecule has 1 nitrogen and oxygen atoms in total. The van der Waals surface area contributed by atoms with E-state index in [1.165, 1.54) is 6.04 Å². The average molecular weight is 160 g/mol. The first-order valence-corrected chi connectivity index (χ1v) is 10.7. The monoisotopic (exact) mass is 160 g/mol. The Morgan fingerprint density at radius 1 is 1.11 bits per heavy atom. The van der Waals surface area contributed by atoms with Gasteiger partial charge in [-0.1, -0.05) is 13.1 Å². The van der Waals surface area contributed by atoms with Crippen molar-refractivity contribution in [3.63, 3.8) is 0 Å². The van der Waals surface area contributed by atoms with Gasteiger partial charge in [-0.05, 0) is 19.1 Å². The number of hydrogen-bond donors (Lipinski definition) is 0. The SMILES string of the molecule is C[Si]1(C)CCO[Si]1(C)C. The van der Waals surface area contributed by atoms with Gasteiger partial charge in [-0.3, -0.25) is 0 Å². The second-order valence-electron chi connectivity index (χ2n) is 3.99. The molecule has 0 saturated carbocycles. The van der Waals surface area contributed by atoms with E-state index in [-0.39, 0.29) is 0 Å². The highest BCUT2D eigenvalue weighted by Gasteiger charge is 2.46. The van der Waals surface area contributed by atoms with Crippen molar-refractivity contribution in [3.8, 4) is 0 Å². The summed E-state index contributed by atoms with van der Waals surface area (Å²) in [5, 5.41) is 0. The highest BCUT2D eigenvalue weighted by Crippen LogP contribution is 2.30. The van der Waals surface area contributed by atoms with Crippen molar-refractivity contribution < 1.29 is 4.43 Å². The molecule has 0 radical (unpaired) electrons. The van der Waals surface area contributed by atoms with Gasteiger partial charge in [0.1, 0.15) is 0 Å². The Labute approximate surface area is 59.3 Å². The fourth-order valence-corrected chi connectivity index (χ4v) is 7.07. The molecule has 1 heterocycles. The molecular formula is C6H16OSi2. The molecule has 0 spiro atoms. The number of hydrogen-bond acceptors (Lipinski definition) is 1. The van der Waals surface area contributed by atoms with E-state index >= 15 is 0 Å². The van der Waals surface area contributed by atoms with Gasteiger partial charge in [0.2, 0.25) is 0 Å². The van der Waals surface area contributed by atoms with E-state index in [0.717, 1.165) is 6.61 Å². The van der Waals surface area contributed by atoms with E-state index in [1.807, 2.05) is 0 Å². The third-order valence-electron chi connectivity index (χ3n) is 2.82. The van der Waals surface area contributed by atoms with Crippen LogP contribution in [0.4, 0.5) is 0 Å². The minimum Gasteiger partial charge on any atom is -0.420 e. The minimum absolute atomic E-state index is 0.851. The lowest BCUT2D eigenvalue weighted by Crippen LogP contribution is -2.50. The van der Waals surface area contributed by atoms with Crippen molar-refractivity contribution in [1.82, 2.24) is 0 Å². The quantitative estimate of drug-likeness (QED) is 0.493. The third-order valence-corrected chi connectivity index (χ3v) is 19.4. The van der Waals surface area contributed by atoms with Gasteiger partial charge in [0.15, 0.2) is 7.83 Å². The molecule has 0 aromatic rings. The molecule has 0 aliphatic carbocycles. The van der Waals surface area contributed by atoms with Crippen LogP contribution in [0.1, 0.15) is 0 Å². The van der Waals surface area contributed by atoms with Crippen LogP contribution in [0.2, 0.25) is 32.2 Å². The molecule has 0 unspecified atom stereocenters. The van der Waals surface area contributed by atoms with Crippen molar-refractivity contribution in [3.05, 3.63) is 0 Å². The van der Waals surface area contributed by atoms with Gasteiger partial charge >= 0.3 is 0 Å². The Morgan fingerprint density at radius 3 is 1.78 bits per heavy atom. The summed E-state index contributed by atoms with van der Waals surface area (Å²) in [7, 11) is -1.98. The second kappa shape index (κ2) is 1.94. The maximum atomic E-state index is 5.76. The molecule has 0 bridgehead atoms. The molecule has 0 atom stereocenters. The Morgan fingerprint density at radius 2 is 1.67 bits per heavy atom. The smallest absolute Gasteiger partial charge is 0.173 e. The molecule has 3 heteroatoms. The second-order valence-corrected chi connectivity index (χ2v) is 19.2. The van der Waals surface area contributed by atoms with Crippen LogP contribution >= 0.6 is 0 Å². The zero-order valence-corrected chi connectivity index (χ0v) is 8.82. The Balaban J connectivity index is 2.75. The molecule has 1 aliphatic rings. The molecule has 0 amide bonds. The van der Waals surface area contributed by atoms with Crippen molar-refractivity contribution in [2.75, 3.05) is 6.61 Å². The van der Waals surface area contributed by atoms with Crippen LogP contribution < -0.4 is 0 Å². The van der Waals surface area contributed by atoms with E-state index in [2.05, 4.69) is 26.2 Å². The maximum Gasteiger partial charge on any atom is 0.173 e.